The molecule has 0 radical (unpaired) electrons. The Hall–Kier alpha value is -0.530. The molecule has 0 atom stereocenters. The van der Waals surface area contributed by atoms with Crippen LogP contribution in [-0.2, 0) is 4.79 Å². The summed E-state index contributed by atoms with van der Waals surface area (Å²) in [5.74, 6) is 3.39. The van der Waals surface area contributed by atoms with Crippen LogP contribution in [0.5, 0.6) is 0 Å². The van der Waals surface area contributed by atoms with Gasteiger partial charge in [0.1, 0.15) is 0 Å². The van der Waals surface area contributed by atoms with Gasteiger partial charge in [-0.15, -0.1) is 0 Å². The molecule has 0 bridgehead atoms. The van der Waals surface area contributed by atoms with Crippen molar-refractivity contribution in [3.63, 3.8) is 0 Å². The van der Waals surface area contributed by atoms with Crippen molar-refractivity contribution in [1.82, 2.24) is 0 Å². The standard InChI is InChI=1S/C20H36O2/c1-2-16-8-12-18(13-9-16)19-14-10-17(11-15-19)6-4-3-5-7-20(21)22/h16-19H,2-15H2,1H3,(H,21,22)/t16-,17?,18-,19?. The van der Waals surface area contributed by atoms with Gasteiger partial charge in [0, 0.05) is 6.42 Å². The highest BCUT2D eigenvalue weighted by Gasteiger charge is 2.30. The summed E-state index contributed by atoms with van der Waals surface area (Å²) in [6.07, 6.45) is 18.1. The van der Waals surface area contributed by atoms with Crippen LogP contribution in [0.2, 0.25) is 0 Å². The Morgan fingerprint density at radius 3 is 1.86 bits per heavy atom. The number of aliphatic carboxylic acids is 1. The summed E-state index contributed by atoms with van der Waals surface area (Å²) in [6, 6.07) is 0. The summed E-state index contributed by atoms with van der Waals surface area (Å²) in [7, 11) is 0. The number of carbonyl (C=O) groups is 1. The lowest BCUT2D eigenvalue weighted by Crippen LogP contribution is -2.25. The van der Waals surface area contributed by atoms with Gasteiger partial charge in [-0.05, 0) is 55.8 Å². The second-order valence-corrected chi connectivity index (χ2v) is 7.96. The smallest absolute Gasteiger partial charge is 0.303 e. The van der Waals surface area contributed by atoms with Crippen LogP contribution in [0.15, 0.2) is 0 Å². The Labute approximate surface area is 137 Å². The van der Waals surface area contributed by atoms with Gasteiger partial charge in [0.25, 0.3) is 0 Å². The lowest BCUT2D eigenvalue weighted by Gasteiger charge is -2.37. The number of carboxylic acids is 1. The van der Waals surface area contributed by atoms with Crippen molar-refractivity contribution in [3.8, 4) is 0 Å². The monoisotopic (exact) mass is 308 g/mol. The molecule has 1 N–H and O–H groups in total. The van der Waals surface area contributed by atoms with E-state index in [1.807, 2.05) is 0 Å². The maximum absolute atomic E-state index is 10.5. The van der Waals surface area contributed by atoms with E-state index in [-0.39, 0.29) is 0 Å². The molecule has 0 unspecified atom stereocenters. The Bertz CT molecular complexity index is 310. The van der Waals surface area contributed by atoms with Crippen molar-refractivity contribution >= 4 is 5.97 Å². The Morgan fingerprint density at radius 2 is 1.36 bits per heavy atom. The first kappa shape index (κ1) is 17.8. The lowest BCUT2D eigenvalue weighted by atomic mass is 9.68. The van der Waals surface area contributed by atoms with E-state index in [9.17, 15) is 4.79 Å². The third-order valence-electron chi connectivity index (χ3n) is 6.53. The second-order valence-electron chi connectivity index (χ2n) is 7.96. The SMILES string of the molecule is CC[C@H]1CC[C@H](C2CCC(CCCCCC(=O)O)CC2)CC1. The van der Waals surface area contributed by atoms with Crippen LogP contribution >= 0.6 is 0 Å². The minimum Gasteiger partial charge on any atom is -0.481 e. The topological polar surface area (TPSA) is 37.3 Å². The fourth-order valence-electron chi connectivity index (χ4n) is 4.90. The largest absolute Gasteiger partial charge is 0.481 e. The van der Waals surface area contributed by atoms with Crippen LogP contribution in [0.4, 0.5) is 0 Å². The molecule has 2 heteroatoms. The summed E-state index contributed by atoms with van der Waals surface area (Å²) in [5.41, 5.74) is 0. The van der Waals surface area contributed by atoms with Gasteiger partial charge in [-0.1, -0.05) is 58.3 Å². The predicted octanol–water partition coefficient (Wildman–Crippen LogP) is 6.04. The maximum Gasteiger partial charge on any atom is 0.303 e. The molecule has 128 valence electrons. The molecule has 22 heavy (non-hydrogen) atoms. The summed E-state index contributed by atoms with van der Waals surface area (Å²) >= 11 is 0. The Balaban J connectivity index is 1.55. The molecule has 2 nitrogen and oxygen atoms in total. The van der Waals surface area contributed by atoms with Crippen molar-refractivity contribution in [2.75, 3.05) is 0 Å². The molecule has 0 amide bonds. The predicted molar refractivity (Wildman–Crippen MR) is 91.9 cm³/mol. The van der Waals surface area contributed by atoms with Crippen LogP contribution in [0.3, 0.4) is 0 Å². The highest BCUT2D eigenvalue weighted by atomic mass is 16.4. The Morgan fingerprint density at radius 1 is 0.818 bits per heavy atom. The van der Waals surface area contributed by atoms with Crippen LogP contribution < -0.4 is 0 Å². The van der Waals surface area contributed by atoms with Gasteiger partial charge >= 0.3 is 5.97 Å². The van der Waals surface area contributed by atoms with E-state index in [2.05, 4.69) is 6.92 Å². The Kier molecular flexibility index (Phi) is 7.75. The van der Waals surface area contributed by atoms with E-state index < -0.39 is 5.97 Å². The molecule has 0 heterocycles. The number of rotatable bonds is 8. The van der Waals surface area contributed by atoms with Crippen molar-refractivity contribution in [2.45, 2.75) is 96.8 Å². The third kappa shape index (κ3) is 5.93. The molecule has 2 rings (SSSR count). The van der Waals surface area contributed by atoms with Crippen molar-refractivity contribution in [3.05, 3.63) is 0 Å². The van der Waals surface area contributed by atoms with Crippen LogP contribution in [0, 0.1) is 23.7 Å². The van der Waals surface area contributed by atoms with Gasteiger partial charge in [0.15, 0.2) is 0 Å². The van der Waals surface area contributed by atoms with Crippen molar-refractivity contribution < 1.29 is 9.90 Å². The first-order chi connectivity index (χ1) is 10.7. The lowest BCUT2D eigenvalue weighted by molar-refractivity contribution is -0.137. The maximum atomic E-state index is 10.5. The second kappa shape index (κ2) is 9.57. The molecule has 0 aromatic heterocycles. The highest BCUT2D eigenvalue weighted by Crippen LogP contribution is 2.42. The minimum absolute atomic E-state index is 0.354. The fraction of sp³-hybridized carbons (Fsp3) is 0.950. The molecule has 0 saturated heterocycles. The van der Waals surface area contributed by atoms with Crippen LogP contribution in [0.25, 0.3) is 0 Å². The van der Waals surface area contributed by atoms with E-state index in [0.717, 1.165) is 36.5 Å². The summed E-state index contributed by atoms with van der Waals surface area (Å²) in [4.78, 5) is 10.5. The van der Waals surface area contributed by atoms with E-state index >= 15 is 0 Å². The van der Waals surface area contributed by atoms with Gasteiger partial charge in [0.2, 0.25) is 0 Å². The average molecular weight is 309 g/mol. The van der Waals surface area contributed by atoms with Crippen LogP contribution in [-0.4, -0.2) is 11.1 Å². The highest BCUT2D eigenvalue weighted by molar-refractivity contribution is 5.66. The average Bonchev–Trinajstić information content (AvgIpc) is 2.55. The molecule has 0 spiro atoms. The summed E-state index contributed by atoms with van der Waals surface area (Å²) < 4.78 is 0. The molecule has 2 fully saturated rings. The number of unbranched alkanes of at least 4 members (excludes halogenated alkanes) is 2. The molecule has 2 aliphatic rings. The molecule has 2 aliphatic carbocycles. The molecular formula is C20H36O2. The number of carboxylic acid groups (broad SMARTS) is 1. The van der Waals surface area contributed by atoms with Crippen molar-refractivity contribution in [1.29, 1.82) is 0 Å². The van der Waals surface area contributed by atoms with Gasteiger partial charge < -0.3 is 5.11 Å². The normalized spacial score (nSPS) is 32.8. The van der Waals surface area contributed by atoms with Gasteiger partial charge in [0.05, 0.1) is 0 Å². The molecule has 0 aromatic rings. The van der Waals surface area contributed by atoms with E-state index in [0.29, 0.717) is 6.42 Å². The minimum atomic E-state index is -0.640. The fourth-order valence-corrected chi connectivity index (χ4v) is 4.90. The summed E-state index contributed by atoms with van der Waals surface area (Å²) in [5, 5.41) is 8.65. The van der Waals surface area contributed by atoms with Gasteiger partial charge in [-0.25, -0.2) is 0 Å². The molecule has 0 aromatic carbocycles. The van der Waals surface area contributed by atoms with E-state index in [4.69, 9.17) is 5.11 Å². The summed E-state index contributed by atoms with van der Waals surface area (Å²) in [6.45, 7) is 2.35. The van der Waals surface area contributed by atoms with Crippen molar-refractivity contribution in [2.24, 2.45) is 23.7 Å². The van der Waals surface area contributed by atoms with Crippen LogP contribution in [0.1, 0.15) is 96.8 Å². The molecular weight excluding hydrogens is 272 g/mol. The molecule has 2 saturated carbocycles. The quantitative estimate of drug-likeness (QED) is 0.555. The zero-order chi connectivity index (χ0) is 15.8. The molecule has 0 aliphatic heterocycles. The van der Waals surface area contributed by atoms with Gasteiger partial charge in [-0.3, -0.25) is 4.79 Å². The van der Waals surface area contributed by atoms with E-state index in [1.165, 1.54) is 70.6 Å². The van der Waals surface area contributed by atoms with Gasteiger partial charge in [-0.2, -0.15) is 0 Å². The first-order valence-corrected chi connectivity index (χ1v) is 9.90. The van der Waals surface area contributed by atoms with E-state index in [1.54, 1.807) is 0 Å². The zero-order valence-corrected chi connectivity index (χ0v) is 14.6. The number of hydrogen-bond acceptors (Lipinski definition) is 1. The zero-order valence-electron chi connectivity index (χ0n) is 14.6. The first-order valence-electron chi connectivity index (χ1n) is 9.90. The third-order valence-corrected chi connectivity index (χ3v) is 6.53. The number of hydrogen-bond donors (Lipinski definition) is 1.